The number of carbonyl (C=O) groups is 1. The Morgan fingerprint density at radius 1 is 1.30 bits per heavy atom. The third-order valence-corrected chi connectivity index (χ3v) is 3.95. The van der Waals surface area contributed by atoms with Gasteiger partial charge in [-0.15, -0.1) is 0 Å². The van der Waals surface area contributed by atoms with Gasteiger partial charge in [-0.05, 0) is 30.5 Å². The number of rotatable bonds is 7. The molecule has 23 heavy (non-hydrogen) atoms. The highest BCUT2D eigenvalue weighted by Crippen LogP contribution is 2.28. The summed E-state index contributed by atoms with van der Waals surface area (Å²) in [4.78, 5) is 17.0. The van der Waals surface area contributed by atoms with Crippen molar-refractivity contribution in [2.24, 2.45) is 5.41 Å². The van der Waals surface area contributed by atoms with E-state index in [1.54, 1.807) is 11.0 Å². The zero-order valence-electron chi connectivity index (χ0n) is 13.8. The molecule has 0 aliphatic rings. The van der Waals surface area contributed by atoms with Gasteiger partial charge in [-0.3, -0.25) is 4.79 Å². The minimum absolute atomic E-state index is 0.0615. The Labute approximate surface area is 142 Å². The van der Waals surface area contributed by atoms with Gasteiger partial charge < -0.3 is 0 Å². The van der Waals surface area contributed by atoms with Gasteiger partial charge in [0.2, 0.25) is 0 Å². The van der Waals surface area contributed by atoms with Gasteiger partial charge in [0.05, 0.1) is 0 Å². The summed E-state index contributed by atoms with van der Waals surface area (Å²) in [6, 6.07) is 7.62. The van der Waals surface area contributed by atoms with E-state index in [0.717, 1.165) is 18.4 Å². The van der Waals surface area contributed by atoms with E-state index in [4.69, 9.17) is 11.6 Å². The normalized spacial score (nSPS) is 12.4. The van der Waals surface area contributed by atoms with Gasteiger partial charge in [0, 0.05) is 10.4 Å². The van der Waals surface area contributed by atoms with Crippen LogP contribution in [0.1, 0.15) is 39.2 Å². The Bertz CT molecular complexity index is 673. The molecule has 0 bridgehead atoms. The first kappa shape index (κ1) is 17.4. The molecule has 2 rings (SSSR count). The summed E-state index contributed by atoms with van der Waals surface area (Å²) in [6.07, 6.45) is 7.40. The Hall–Kier alpha value is -1.94. The van der Waals surface area contributed by atoms with Crippen molar-refractivity contribution in [3.8, 4) is 0 Å². The number of carbonyl (C=O) groups excluding carboxylic acids is 1. The SMILES string of the molecule is CCCC=C(C(=O)C(C)(C)Cc1ccc(Cl)cc1)n1cncn1. The molecular formula is C18H22ClN3O. The maximum absolute atomic E-state index is 13.1. The van der Waals surface area contributed by atoms with Crippen LogP contribution in [-0.4, -0.2) is 20.5 Å². The van der Waals surface area contributed by atoms with Crippen molar-refractivity contribution in [3.63, 3.8) is 0 Å². The quantitative estimate of drug-likeness (QED) is 0.706. The summed E-state index contributed by atoms with van der Waals surface area (Å²) >= 11 is 5.93. The van der Waals surface area contributed by atoms with E-state index < -0.39 is 5.41 Å². The highest BCUT2D eigenvalue weighted by atomic mass is 35.5. The lowest BCUT2D eigenvalue weighted by Gasteiger charge is -2.24. The van der Waals surface area contributed by atoms with Gasteiger partial charge in [-0.25, -0.2) is 9.67 Å². The van der Waals surface area contributed by atoms with E-state index >= 15 is 0 Å². The van der Waals surface area contributed by atoms with E-state index in [9.17, 15) is 4.79 Å². The predicted molar refractivity (Wildman–Crippen MR) is 93.1 cm³/mol. The molecular weight excluding hydrogens is 310 g/mol. The number of nitrogens with zero attached hydrogens (tertiary/aromatic N) is 3. The number of benzene rings is 1. The van der Waals surface area contributed by atoms with Crippen LogP contribution in [-0.2, 0) is 11.2 Å². The number of allylic oxidation sites excluding steroid dienone is 2. The van der Waals surface area contributed by atoms with E-state index in [-0.39, 0.29) is 5.78 Å². The summed E-state index contributed by atoms with van der Waals surface area (Å²) in [5, 5.41) is 4.82. The zero-order valence-corrected chi connectivity index (χ0v) is 14.5. The summed E-state index contributed by atoms with van der Waals surface area (Å²) in [6.45, 7) is 6.00. The van der Waals surface area contributed by atoms with E-state index in [2.05, 4.69) is 17.0 Å². The highest BCUT2D eigenvalue weighted by Gasteiger charge is 2.31. The van der Waals surface area contributed by atoms with Crippen molar-refractivity contribution in [3.05, 3.63) is 53.6 Å². The Morgan fingerprint density at radius 3 is 2.57 bits per heavy atom. The minimum Gasteiger partial charge on any atom is -0.292 e. The fourth-order valence-electron chi connectivity index (χ4n) is 2.44. The van der Waals surface area contributed by atoms with Crippen LogP contribution in [0.3, 0.4) is 0 Å². The summed E-state index contributed by atoms with van der Waals surface area (Å²) in [5.74, 6) is 0.0615. The van der Waals surface area contributed by atoms with Crippen molar-refractivity contribution in [2.75, 3.05) is 0 Å². The standard InChI is InChI=1S/C18H22ClN3O/c1-4-5-6-16(22-13-20-12-21-22)17(23)18(2,3)11-14-7-9-15(19)10-8-14/h6-10,12-13H,4-5,11H2,1-3H3. The van der Waals surface area contributed by atoms with Crippen LogP contribution in [0.4, 0.5) is 0 Å². The second-order valence-corrected chi connectivity index (χ2v) is 6.67. The molecule has 1 aromatic heterocycles. The van der Waals surface area contributed by atoms with Crippen LogP contribution in [0, 0.1) is 5.41 Å². The van der Waals surface area contributed by atoms with Crippen LogP contribution in [0.25, 0.3) is 5.70 Å². The summed E-state index contributed by atoms with van der Waals surface area (Å²) in [7, 11) is 0. The van der Waals surface area contributed by atoms with Crippen molar-refractivity contribution in [1.82, 2.24) is 14.8 Å². The number of aromatic nitrogens is 3. The van der Waals surface area contributed by atoms with Crippen LogP contribution < -0.4 is 0 Å². The van der Waals surface area contributed by atoms with E-state index in [1.165, 1.54) is 6.33 Å². The monoisotopic (exact) mass is 331 g/mol. The second-order valence-electron chi connectivity index (χ2n) is 6.23. The highest BCUT2D eigenvalue weighted by molar-refractivity contribution is 6.30. The summed E-state index contributed by atoms with van der Waals surface area (Å²) < 4.78 is 1.56. The number of hydrogen-bond donors (Lipinski definition) is 0. The van der Waals surface area contributed by atoms with Crippen LogP contribution in [0.2, 0.25) is 5.02 Å². The van der Waals surface area contributed by atoms with Gasteiger partial charge in [-0.2, -0.15) is 5.10 Å². The predicted octanol–water partition coefficient (Wildman–Crippen LogP) is 4.41. The molecule has 1 aromatic carbocycles. The molecule has 0 aliphatic carbocycles. The van der Waals surface area contributed by atoms with Gasteiger partial charge in [0.15, 0.2) is 5.78 Å². The van der Waals surface area contributed by atoms with Gasteiger partial charge >= 0.3 is 0 Å². The van der Waals surface area contributed by atoms with E-state index in [1.807, 2.05) is 44.2 Å². The first-order valence-corrected chi connectivity index (χ1v) is 8.16. The Balaban J connectivity index is 2.25. The third kappa shape index (κ3) is 4.52. The molecule has 122 valence electrons. The Morgan fingerprint density at radius 2 is 2.00 bits per heavy atom. The van der Waals surface area contributed by atoms with Crippen LogP contribution in [0.5, 0.6) is 0 Å². The molecule has 0 radical (unpaired) electrons. The average molecular weight is 332 g/mol. The molecule has 0 N–H and O–H groups in total. The Kier molecular flexibility index (Phi) is 5.72. The topological polar surface area (TPSA) is 47.8 Å². The van der Waals surface area contributed by atoms with Crippen molar-refractivity contribution in [2.45, 2.75) is 40.0 Å². The molecule has 1 heterocycles. The number of halogens is 1. The molecule has 2 aromatic rings. The molecule has 0 atom stereocenters. The van der Waals surface area contributed by atoms with Gasteiger partial charge in [-0.1, -0.05) is 57.0 Å². The minimum atomic E-state index is -0.542. The maximum Gasteiger partial charge on any atom is 0.186 e. The molecule has 0 spiro atoms. The van der Waals surface area contributed by atoms with Crippen LogP contribution >= 0.6 is 11.6 Å². The molecule has 0 amide bonds. The maximum atomic E-state index is 13.1. The fourth-order valence-corrected chi connectivity index (χ4v) is 2.57. The third-order valence-electron chi connectivity index (χ3n) is 3.70. The molecule has 5 heteroatoms. The smallest absolute Gasteiger partial charge is 0.186 e. The summed E-state index contributed by atoms with van der Waals surface area (Å²) in [5.41, 5.74) is 1.13. The largest absolute Gasteiger partial charge is 0.292 e. The van der Waals surface area contributed by atoms with Gasteiger partial charge in [0.1, 0.15) is 18.4 Å². The first-order chi connectivity index (χ1) is 10.9. The van der Waals surface area contributed by atoms with Crippen molar-refractivity contribution < 1.29 is 4.79 Å². The number of Topliss-reactive ketones (excluding diaryl/α,β-unsaturated/α-hetero) is 1. The van der Waals surface area contributed by atoms with E-state index in [0.29, 0.717) is 17.1 Å². The fraction of sp³-hybridized carbons (Fsp3) is 0.389. The number of ketones is 1. The number of unbranched alkanes of at least 4 members (excludes halogenated alkanes) is 1. The zero-order chi connectivity index (χ0) is 16.9. The molecule has 4 nitrogen and oxygen atoms in total. The molecule has 0 aliphatic heterocycles. The lowest BCUT2D eigenvalue weighted by atomic mass is 9.80. The lowest BCUT2D eigenvalue weighted by molar-refractivity contribution is -0.121. The molecule has 0 unspecified atom stereocenters. The van der Waals surface area contributed by atoms with Crippen LogP contribution in [0.15, 0.2) is 43.0 Å². The molecule has 0 saturated carbocycles. The molecule has 0 saturated heterocycles. The first-order valence-electron chi connectivity index (χ1n) is 7.78. The number of hydrogen-bond acceptors (Lipinski definition) is 3. The second kappa shape index (κ2) is 7.55. The molecule has 0 fully saturated rings. The van der Waals surface area contributed by atoms with Gasteiger partial charge in [0.25, 0.3) is 0 Å². The average Bonchev–Trinajstić information content (AvgIpc) is 3.04. The lowest BCUT2D eigenvalue weighted by Crippen LogP contribution is -2.29. The van der Waals surface area contributed by atoms with Crippen molar-refractivity contribution >= 4 is 23.1 Å². The van der Waals surface area contributed by atoms with Crippen molar-refractivity contribution in [1.29, 1.82) is 0 Å².